The predicted molar refractivity (Wildman–Crippen MR) is 77.8 cm³/mol. The van der Waals surface area contributed by atoms with Crippen LogP contribution in [0.5, 0.6) is 5.88 Å². The number of hydrogen-bond donors (Lipinski definition) is 0. The number of aromatic nitrogens is 1. The summed E-state index contributed by atoms with van der Waals surface area (Å²) in [6, 6.07) is 9.68. The van der Waals surface area contributed by atoms with E-state index in [0.717, 1.165) is 10.8 Å². The minimum absolute atomic E-state index is 0.137. The fourth-order valence-electron chi connectivity index (χ4n) is 1.99. The van der Waals surface area contributed by atoms with Crippen molar-refractivity contribution in [1.82, 2.24) is 4.98 Å². The minimum Gasteiger partial charge on any atom is -0.481 e. The SMILES string of the molecule is COc1nc(CC(=O)OC(C)(C)C)cc2ccccc12. The van der Waals surface area contributed by atoms with E-state index in [1.54, 1.807) is 7.11 Å². The Bertz CT molecular complexity index is 629. The number of pyridine rings is 1. The third-order valence-corrected chi connectivity index (χ3v) is 2.70. The molecule has 0 amide bonds. The van der Waals surface area contributed by atoms with Crippen molar-refractivity contribution in [3.05, 3.63) is 36.0 Å². The van der Waals surface area contributed by atoms with Gasteiger partial charge in [0.15, 0.2) is 0 Å². The number of rotatable bonds is 3. The van der Waals surface area contributed by atoms with Crippen molar-refractivity contribution in [2.24, 2.45) is 0 Å². The Labute approximate surface area is 118 Å². The topological polar surface area (TPSA) is 48.4 Å². The monoisotopic (exact) mass is 273 g/mol. The van der Waals surface area contributed by atoms with Crippen molar-refractivity contribution < 1.29 is 14.3 Å². The lowest BCUT2D eigenvalue weighted by Crippen LogP contribution is -2.25. The molecule has 0 unspecified atom stereocenters. The third-order valence-electron chi connectivity index (χ3n) is 2.70. The Morgan fingerprint density at radius 1 is 1.25 bits per heavy atom. The van der Waals surface area contributed by atoms with E-state index in [0.29, 0.717) is 11.6 Å². The van der Waals surface area contributed by atoms with Crippen molar-refractivity contribution in [3.8, 4) is 5.88 Å². The van der Waals surface area contributed by atoms with Gasteiger partial charge in [0.05, 0.1) is 19.2 Å². The van der Waals surface area contributed by atoms with E-state index in [1.807, 2.05) is 51.1 Å². The predicted octanol–water partition coefficient (Wildman–Crippen LogP) is 3.13. The van der Waals surface area contributed by atoms with Crippen LogP contribution >= 0.6 is 0 Å². The largest absolute Gasteiger partial charge is 0.481 e. The maximum atomic E-state index is 11.9. The molecule has 2 aromatic rings. The summed E-state index contributed by atoms with van der Waals surface area (Å²) in [5.41, 5.74) is 0.160. The molecule has 0 bridgehead atoms. The number of ether oxygens (including phenoxy) is 2. The molecule has 0 radical (unpaired) electrons. The lowest BCUT2D eigenvalue weighted by molar-refractivity contribution is -0.153. The molecular formula is C16H19NO3. The van der Waals surface area contributed by atoms with Crippen LogP contribution in [0.15, 0.2) is 30.3 Å². The van der Waals surface area contributed by atoms with Crippen molar-refractivity contribution in [2.75, 3.05) is 7.11 Å². The van der Waals surface area contributed by atoms with Crippen molar-refractivity contribution in [2.45, 2.75) is 32.8 Å². The molecule has 0 aliphatic rings. The number of methoxy groups -OCH3 is 1. The van der Waals surface area contributed by atoms with Crippen LogP contribution in [0.3, 0.4) is 0 Å². The summed E-state index contributed by atoms with van der Waals surface area (Å²) in [7, 11) is 1.58. The highest BCUT2D eigenvalue weighted by Gasteiger charge is 2.17. The van der Waals surface area contributed by atoms with Gasteiger partial charge >= 0.3 is 5.97 Å². The fourth-order valence-corrected chi connectivity index (χ4v) is 1.99. The normalized spacial score (nSPS) is 11.4. The van der Waals surface area contributed by atoms with Crippen LogP contribution in [0.25, 0.3) is 10.8 Å². The van der Waals surface area contributed by atoms with Gasteiger partial charge in [0.25, 0.3) is 0 Å². The molecule has 0 saturated heterocycles. The van der Waals surface area contributed by atoms with Crippen LogP contribution in [-0.2, 0) is 16.0 Å². The second kappa shape index (κ2) is 5.49. The van der Waals surface area contributed by atoms with Gasteiger partial charge in [-0.25, -0.2) is 4.98 Å². The smallest absolute Gasteiger partial charge is 0.312 e. The first-order chi connectivity index (χ1) is 9.39. The van der Waals surface area contributed by atoms with Crippen molar-refractivity contribution in [1.29, 1.82) is 0 Å². The highest BCUT2D eigenvalue weighted by molar-refractivity contribution is 5.88. The van der Waals surface area contributed by atoms with Gasteiger partial charge in [0.1, 0.15) is 5.60 Å². The summed E-state index contributed by atoms with van der Waals surface area (Å²) < 4.78 is 10.6. The van der Waals surface area contributed by atoms with Crippen LogP contribution < -0.4 is 4.74 Å². The number of nitrogens with zero attached hydrogens (tertiary/aromatic N) is 1. The Kier molecular flexibility index (Phi) is 3.93. The summed E-state index contributed by atoms with van der Waals surface area (Å²) in [5.74, 6) is 0.240. The molecule has 1 aromatic heterocycles. The van der Waals surface area contributed by atoms with Gasteiger partial charge in [0.2, 0.25) is 5.88 Å². The van der Waals surface area contributed by atoms with Gasteiger partial charge in [-0.3, -0.25) is 4.79 Å². The molecule has 0 aliphatic carbocycles. The molecule has 1 heterocycles. The quantitative estimate of drug-likeness (QED) is 0.806. The first kappa shape index (κ1) is 14.3. The number of fused-ring (bicyclic) bond motifs is 1. The standard InChI is InChI=1S/C16H19NO3/c1-16(2,3)20-14(18)10-12-9-11-7-5-6-8-13(11)15(17-12)19-4/h5-9H,10H2,1-4H3. The number of esters is 1. The summed E-state index contributed by atoms with van der Waals surface area (Å²) in [4.78, 5) is 16.2. The Balaban J connectivity index is 2.29. The average Bonchev–Trinajstić information content (AvgIpc) is 2.35. The van der Waals surface area contributed by atoms with Gasteiger partial charge < -0.3 is 9.47 Å². The molecule has 4 nitrogen and oxygen atoms in total. The highest BCUT2D eigenvalue weighted by Crippen LogP contribution is 2.24. The molecule has 106 valence electrons. The van der Waals surface area contributed by atoms with Crippen molar-refractivity contribution >= 4 is 16.7 Å². The van der Waals surface area contributed by atoms with Crippen LogP contribution in [-0.4, -0.2) is 23.7 Å². The van der Waals surface area contributed by atoms with E-state index in [2.05, 4.69) is 4.98 Å². The van der Waals surface area contributed by atoms with E-state index in [9.17, 15) is 4.79 Å². The van der Waals surface area contributed by atoms with Crippen LogP contribution in [0.2, 0.25) is 0 Å². The summed E-state index contributed by atoms with van der Waals surface area (Å²) >= 11 is 0. The summed E-state index contributed by atoms with van der Waals surface area (Å²) in [6.45, 7) is 5.54. The second-order valence-electron chi connectivity index (χ2n) is 5.61. The average molecular weight is 273 g/mol. The zero-order valence-corrected chi connectivity index (χ0v) is 12.3. The van der Waals surface area contributed by atoms with E-state index in [-0.39, 0.29) is 12.4 Å². The van der Waals surface area contributed by atoms with Crippen molar-refractivity contribution in [3.63, 3.8) is 0 Å². The van der Waals surface area contributed by atoms with Gasteiger partial charge in [-0.2, -0.15) is 0 Å². The Hall–Kier alpha value is -2.10. The molecule has 0 N–H and O–H groups in total. The fraction of sp³-hybridized carbons (Fsp3) is 0.375. The zero-order valence-electron chi connectivity index (χ0n) is 12.3. The van der Waals surface area contributed by atoms with E-state index < -0.39 is 5.60 Å². The first-order valence-corrected chi connectivity index (χ1v) is 6.53. The van der Waals surface area contributed by atoms with Gasteiger partial charge in [0, 0.05) is 5.39 Å². The number of hydrogen-bond acceptors (Lipinski definition) is 4. The molecule has 4 heteroatoms. The van der Waals surface area contributed by atoms with Gasteiger partial charge in [-0.15, -0.1) is 0 Å². The van der Waals surface area contributed by atoms with Crippen LogP contribution in [0.4, 0.5) is 0 Å². The zero-order chi connectivity index (χ0) is 14.8. The molecule has 0 aliphatic heterocycles. The molecule has 1 aromatic carbocycles. The molecule has 0 saturated carbocycles. The highest BCUT2D eigenvalue weighted by atomic mass is 16.6. The molecule has 20 heavy (non-hydrogen) atoms. The first-order valence-electron chi connectivity index (χ1n) is 6.53. The van der Waals surface area contributed by atoms with Gasteiger partial charge in [-0.1, -0.05) is 18.2 Å². The molecule has 0 spiro atoms. The van der Waals surface area contributed by atoms with Crippen LogP contribution in [0, 0.1) is 0 Å². The molecule has 0 fully saturated rings. The third kappa shape index (κ3) is 3.47. The maximum Gasteiger partial charge on any atom is 0.312 e. The molecule has 2 rings (SSSR count). The van der Waals surface area contributed by atoms with Gasteiger partial charge in [-0.05, 0) is 38.3 Å². The summed E-state index contributed by atoms with van der Waals surface area (Å²) in [6.07, 6.45) is 0.137. The van der Waals surface area contributed by atoms with E-state index in [1.165, 1.54) is 0 Å². The summed E-state index contributed by atoms with van der Waals surface area (Å²) in [5, 5.41) is 1.93. The number of carbonyl (C=O) groups is 1. The molecular weight excluding hydrogens is 254 g/mol. The van der Waals surface area contributed by atoms with E-state index in [4.69, 9.17) is 9.47 Å². The van der Waals surface area contributed by atoms with E-state index >= 15 is 0 Å². The lowest BCUT2D eigenvalue weighted by Gasteiger charge is -2.19. The Morgan fingerprint density at radius 2 is 1.95 bits per heavy atom. The molecule has 0 atom stereocenters. The Morgan fingerprint density at radius 3 is 2.60 bits per heavy atom. The minimum atomic E-state index is -0.488. The maximum absolute atomic E-state index is 11.9. The second-order valence-corrected chi connectivity index (χ2v) is 5.61. The lowest BCUT2D eigenvalue weighted by atomic mass is 10.1. The van der Waals surface area contributed by atoms with Crippen LogP contribution in [0.1, 0.15) is 26.5 Å². The number of benzene rings is 1. The number of carbonyl (C=O) groups excluding carboxylic acids is 1.